The lowest BCUT2D eigenvalue weighted by Crippen LogP contribution is -2.40. The third kappa shape index (κ3) is 5.68. The number of rotatable bonds is 7. The number of aliphatic hydroxyl groups excluding tert-OH is 1. The maximum Gasteiger partial charge on any atom is 0.228 e. The minimum atomic E-state index is 0.266. The zero-order chi connectivity index (χ0) is 19.2. The number of aliphatic hydroxyl groups is 1. The number of aryl methyl sites for hydroxylation is 2. The number of aromatic nitrogens is 4. The zero-order valence-corrected chi connectivity index (χ0v) is 16.5. The quantitative estimate of drug-likeness (QED) is 0.775. The molecule has 1 fully saturated rings. The van der Waals surface area contributed by atoms with Crippen molar-refractivity contribution >= 4 is 11.8 Å². The molecule has 1 saturated heterocycles. The van der Waals surface area contributed by atoms with Gasteiger partial charge in [-0.2, -0.15) is 0 Å². The Labute approximate surface area is 161 Å². The Balaban J connectivity index is 1.57. The minimum absolute atomic E-state index is 0.266. The normalized spacial score (nSPS) is 17.0. The fourth-order valence-electron chi connectivity index (χ4n) is 3.74. The summed E-state index contributed by atoms with van der Waals surface area (Å²) in [7, 11) is 0. The predicted octanol–water partition coefficient (Wildman–Crippen LogP) is 2.65. The summed E-state index contributed by atoms with van der Waals surface area (Å²) < 4.78 is 0. The molecule has 1 aliphatic rings. The van der Waals surface area contributed by atoms with E-state index < -0.39 is 0 Å². The highest BCUT2D eigenvalue weighted by Crippen LogP contribution is 2.23. The van der Waals surface area contributed by atoms with Gasteiger partial charge in [0.05, 0.1) is 0 Å². The van der Waals surface area contributed by atoms with Crippen LogP contribution in [0.25, 0.3) is 0 Å². The highest BCUT2D eigenvalue weighted by atomic mass is 16.3. The fourth-order valence-corrected chi connectivity index (χ4v) is 3.74. The Morgan fingerprint density at radius 1 is 1.15 bits per heavy atom. The molecule has 3 heterocycles. The average molecular weight is 371 g/mol. The van der Waals surface area contributed by atoms with E-state index in [9.17, 15) is 0 Å². The second-order valence-corrected chi connectivity index (χ2v) is 7.54. The maximum absolute atomic E-state index is 9.12. The van der Waals surface area contributed by atoms with Crippen LogP contribution in [0.1, 0.15) is 43.3 Å². The van der Waals surface area contributed by atoms with Gasteiger partial charge in [0.1, 0.15) is 12.1 Å². The van der Waals surface area contributed by atoms with Crippen LogP contribution in [0.15, 0.2) is 18.5 Å². The van der Waals surface area contributed by atoms with Gasteiger partial charge in [-0.25, -0.2) is 19.9 Å². The largest absolute Gasteiger partial charge is 0.396 e. The number of piperidine rings is 1. The molecule has 2 N–H and O–H groups in total. The van der Waals surface area contributed by atoms with Crippen LogP contribution in [0.5, 0.6) is 0 Å². The Morgan fingerprint density at radius 2 is 1.85 bits per heavy atom. The van der Waals surface area contributed by atoms with E-state index in [-0.39, 0.29) is 6.61 Å². The molecular formula is C20H30N6O. The summed E-state index contributed by atoms with van der Waals surface area (Å²) in [4.78, 5) is 20.1. The molecule has 0 bridgehead atoms. The Morgan fingerprint density at radius 3 is 2.52 bits per heavy atom. The monoisotopic (exact) mass is 370 g/mol. The summed E-state index contributed by atoms with van der Waals surface area (Å²) in [5.74, 6) is 1.95. The lowest BCUT2D eigenvalue weighted by molar-refractivity contribution is 0.119. The van der Waals surface area contributed by atoms with Crippen molar-refractivity contribution in [3.05, 3.63) is 35.5 Å². The second-order valence-electron chi connectivity index (χ2n) is 7.54. The standard InChI is InChI=1S/C20H30N6O/c1-14-10-15(2)24-20(23-14)25-19-12-18(21-13-22-19)11-17-4-7-26(8-5-17)16(3)6-9-27/h10,12-13,16-17,27H,4-9,11H2,1-3H3,(H,21,22,23,24,25)/t16-/m1/s1. The number of anilines is 2. The summed E-state index contributed by atoms with van der Waals surface area (Å²) in [6.45, 7) is 8.57. The smallest absolute Gasteiger partial charge is 0.228 e. The molecule has 7 heteroatoms. The van der Waals surface area contributed by atoms with Crippen molar-refractivity contribution < 1.29 is 5.11 Å². The number of nitrogens with zero attached hydrogens (tertiary/aromatic N) is 5. The van der Waals surface area contributed by atoms with Gasteiger partial charge in [-0.15, -0.1) is 0 Å². The third-order valence-electron chi connectivity index (χ3n) is 5.26. The first-order valence-corrected chi connectivity index (χ1v) is 9.78. The molecule has 0 amide bonds. The summed E-state index contributed by atoms with van der Waals surface area (Å²) in [5.41, 5.74) is 2.92. The predicted molar refractivity (Wildman–Crippen MR) is 106 cm³/mol. The van der Waals surface area contributed by atoms with E-state index in [1.54, 1.807) is 6.33 Å². The molecule has 3 rings (SSSR count). The van der Waals surface area contributed by atoms with E-state index in [1.165, 1.54) is 12.8 Å². The molecule has 1 aliphatic heterocycles. The average Bonchev–Trinajstić information content (AvgIpc) is 2.62. The first-order chi connectivity index (χ1) is 13.0. The van der Waals surface area contributed by atoms with Gasteiger partial charge in [0.15, 0.2) is 0 Å². The Kier molecular flexibility index (Phi) is 6.68. The van der Waals surface area contributed by atoms with Gasteiger partial charge < -0.3 is 15.3 Å². The van der Waals surface area contributed by atoms with Crippen molar-refractivity contribution in [2.24, 2.45) is 5.92 Å². The minimum Gasteiger partial charge on any atom is -0.396 e. The Hall–Kier alpha value is -2.12. The van der Waals surface area contributed by atoms with Crippen LogP contribution in [0.3, 0.4) is 0 Å². The van der Waals surface area contributed by atoms with Crippen molar-refractivity contribution in [3.8, 4) is 0 Å². The van der Waals surface area contributed by atoms with Crippen molar-refractivity contribution in [3.63, 3.8) is 0 Å². The van der Waals surface area contributed by atoms with E-state index in [4.69, 9.17) is 5.11 Å². The number of likely N-dealkylation sites (tertiary alicyclic amines) is 1. The molecule has 0 aliphatic carbocycles. The van der Waals surface area contributed by atoms with Crippen molar-refractivity contribution in [1.29, 1.82) is 0 Å². The van der Waals surface area contributed by atoms with Gasteiger partial charge in [0.2, 0.25) is 5.95 Å². The van der Waals surface area contributed by atoms with E-state index in [0.29, 0.717) is 17.9 Å². The molecule has 0 aromatic carbocycles. The van der Waals surface area contributed by atoms with Crippen LogP contribution in [0, 0.1) is 19.8 Å². The summed E-state index contributed by atoms with van der Waals surface area (Å²) in [6, 6.07) is 4.41. The highest BCUT2D eigenvalue weighted by Gasteiger charge is 2.23. The van der Waals surface area contributed by atoms with Crippen molar-refractivity contribution in [1.82, 2.24) is 24.8 Å². The third-order valence-corrected chi connectivity index (χ3v) is 5.26. The molecule has 27 heavy (non-hydrogen) atoms. The molecule has 2 aromatic heterocycles. The van der Waals surface area contributed by atoms with Crippen LogP contribution in [0.2, 0.25) is 0 Å². The van der Waals surface area contributed by atoms with Crippen molar-refractivity contribution in [2.75, 3.05) is 25.0 Å². The summed E-state index contributed by atoms with van der Waals surface area (Å²) in [6.07, 6.45) is 5.77. The molecule has 1 atom stereocenters. The molecular weight excluding hydrogens is 340 g/mol. The molecule has 0 unspecified atom stereocenters. The van der Waals surface area contributed by atoms with Gasteiger partial charge >= 0.3 is 0 Å². The van der Waals surface area contributed by atoms with Crippen LogP contribution >= 0.6 is 0 Å². The lowest BCUT2D eigenvalue weighted by Gasteiger charge is -2.35. The van der Waals surface area contributed by atoms with Gasteiger partial charge in [-0.05, 0) is 71.5 Å². The summed E-state index contributed by atoms with van der Waals surface area (Å²) in [5, 5.41) is 12.3. The van der Waals surface area contributed by atoms with E-state index >= 15 is 0 Å². The van der Waals surface area contributed by atoms with E-state index in [1.807, 2.05) is 26.0 Å². The molecule has 7 nitrogen and oxygen atoms in total. The van der Waals surface area contributed by atoms with Crippen molar-refractivity contribution in [2.45, 2.75) is 52.5 Å². The lowest BCUT2D eigenvalue weighted by atomic mass is 9.91. The first-order valence-electron chi connectivity index (χ1n) is 9.78. The van der Waals surface area contributed by atoms with Crippen LogP contribution in [0.4, 0.5) is 11.8 Å². The SMILES string of the molecule is Cc1cc(C)nc(Nc2cc(CC3CCN([C@H](C)CCO)CC3)ncn2)n1. The fraction of sp³-hybridized carbons (Fsp3) is 0.600. The molecule has 0 spiro atoms. The van der Waals surface area contributed by atoms with Gasteiger partial charge in [0, 0.05) is 35.8 Å². The number of hydrogen-bond donors (Lipinski definition) is 2. The number of hydrogen-bond acceptors (Lipinski definition) is 7. The second kappa shape index (κ2) is 9.19. The molecule has 146 valence electrons. The Bertz CT molecular complexity index is 725. The van der Waals surface area contributed by atoms with Crippen LogP contribution in [-0.4, -0.2) is 55.7 Å². The topological polar surface area (TPSA) is 87.1 Å². The van der Waals surface area contributed by atoms with Crippen LogP contribution in [-0.2, 0) is 6.42 Å². The zero-order valence-electron chi connectivity index (χ0n) is 16.5. The maximum atomic E-state index is 9.12. The number of nitrogens with one attached hydrogen (secondary N) is 1. The van der Waals surface area contributed by atoms with Gasteiger partial charge in [-0.1, -0.05) is 0 Å². The highest BCUT2D eigenvalue weighted by molar-refractivity contribution is 5.48. The summed E-state index contributed by atoms with van der Waals surface area (Å²) >= 11 is 0. The molecule has 0 saturated carbocycles. The van der Waals surface area contributed by atoms with E-state index in [2.05, 4.69) is 37.1 Å². The van der Waals surface area contributed by atoms with Gasteiger partial charge in [-0.3, -0.25) is 0 Å². The van der Waals surface area contributed by atoms with Gasteiger partial charge in [0.25, 0.3) is 0 Å². The van der Waals surface area contributed by atoms with E-state index in [0.717, 1.165) is 48.8 Å². The molecule has 2 aromatic rings. The van der Waals surface area contributed by atoms with Crippen LogP contribution < -0.4 is 5.32 Å². The molecule has 0 radical (unpaired) electrons. The first kappa shape index (κ1) is 19.6.